The van der Waals surface area contributed by atoms with Gasteiger partial charge in [-0.05, 0) is 78.9 Å². The summed E-state index contributed by atoms with van der Waals surface area (Å²) >= 11 is 0. The van der Waals surface area contributed by atoms with Crippen molar-refractivity contribution in [2.45, 2.75) is 52.2 Å². The van der Waals surface area contributed by atoms with Crippen molar-refractivity contribution in [1.29, 1.82) is 0 Å². The smallest absolute Gasteiger partial charge is 0.300 e. The fraction of sp³-hybridized carbons (Fsp3) is 0.290. The van der Waals surface area contributed by atoms with Crippen LogP contribution in [-0.2, 0) is 15.0 Å². The molecule has 1 amide bonds. The van der Waals surface area contributed by atoms with Gasteiger partial charge in [-0.15, -0.1) is 0 Å². The van der Waals surface area contributed by atoms with Crippen LogP contribution in [0.1, 0.15) is 57.4 Å². The Bertz CT molecular complexity index is 1310. The maximum atomic E-state index is 13.4. The van der Waals surface area contributed by atoms with Gasteiger partial charge < -0.3 is 14.6 Å². The molecule has 1 fully saturated rings. The first-order chi connectivity index (χ1) is 17.5. The summed E-state index contributed by atoms with van der Waals surface area (Å²) in [5.74, 6) is -0.357. The zero-order valence-electron chi connectivity index (χ0n) is 22.1. The van der Waals surface area contributed by atoms with Crippen molar-refractivity contribution in [3.63, 3.8) is 0 Å². The summed E-state index contributed by atoms with van der Waals surface area (Å²) in [6.07, 6.45) is 0.00418. The second-order valence-electron chi connectivity index (χ2n) is 10.4. The lowest BCUT2D eigenvalue weighted by Gasteiger charge is -2.27. The minimum Gasteiger partial charge on any atom is -0.507 e. The quantitative estimate of drug-likeness (QED) is 0.241. The molecule has 0 spiro atoms. The number of Topliss-reactive ketones (excluding diaryl/α,β-unsaturated/α-hetero) is 1. The molecule has 0 bridgehead atoms. The fourth-order valence-electron chi connectivity index (χ4n) is 4.44. The number of rotatable bonds is 6. The van der Waals surface area contributed by atoms with E-state index in [0.717, 1.165) is 5.56 Å². The Balaban J connectivity index is 1.84. The minimum atomic E-state index is -0.807. The zero-order chi connectivity index (χ0) is 26.9. The molecule has 0 radical (unpaired) electrons. The van der Waals surface area contributed by atoms with Crippen LogP contribution in [0.4, 0.5) is 5.69 Å². The molecule has 1 saturated heterocycles. The largest absolute Gasteiger partial charge is 0.507 e. The van der Waals surface area contributed by atoms with Crippen LogP contribution in [0.3, 0.4) is 0 Å². The van der Waals surface area contributed by atoms with E-state index in [-0.39, 0.29) is 22.9 Å². The molecule has 4 rings (SSSR count). The number of hydrogen-bond donors (Lipinski definition) is 1. The van der Waals surface area contributed by atoms with E-state index < -0.39 is 17.7 Å². The first-order valence-electron chi connectivity index (χ1n) is 12.3. The van der Waals surface area contributed by atoms with Crippen molar-refractivity contribution in [3.8, 4) is 11.5 Å². The molecule has 1 aliphatic heterocycles. The summed E-state index contributed by atoms with van der Waals surface area (Å²) in [6, 6.07) is 20.8. The second-order valence-corrected chi connectivity index (χ2v) is 10.4. The standard InChI is InChI=1S/C31H33NO5/c1-19(2)37-25-17-9-21(10-18-25)28(33)26-27(20-7-15-24(36-6)16-8-20)32(30(35)29(26)34)23-13-11-22(12-14-23)31(3,4)5/h7-19,27,33H,1-6H3/b28-26+. The van der Waals surface area contributed by atoms with Crippen LogP contribution in [-0.4, -0.2) is 30.0 Å². The van der Waals surface area contributed by atoms with Crippen molar-refractivity contribution in [2.75, 3.05) is 12.0 Å². The van der Waals surface area contributed by atoms with Crippen molar-refractivity contribution in [2.24, 2.45) is 0 Å². The number of carbonyl (C=O) groups is 2. The predicted octanol–water partition coefficient (Wildman–Crippen LogP) is 6.41. The first-order valence-corrected chi connectivity index (χ1v) is 12.3. The monoisotopic (exact) mass is 499 g/mol. The van der Waals surface area contributed by atoms with Crippen LogP contribution in [0, 0.1) is 0 Å². The number of aliphatic hydroxyl groups is 1. The third kappa shape index (κ3) is 5.24. The van der Waals surface area contributed by atoms with E-state index in [2.05, 4.69) is 20.8 Å². The van der Waals surface area contributed by atoms with Gasteiger partial charge in [-0.2, -0.15) is 0 Å². The molecule has 3 aromatic carbocycles. The van der Waals surface area contributed by atoms with Crippen molar-refractivity contribution < 1.29 is 24.2 Å². The van der Waals surface area contributed by atoms with Crippen LogP contribution in [0.5, 0.6) is 11.5 Å². The molecule has 1 aliphatic rings. The van der Waals surface area contributed by atoms with Crippen LogP contribution >= 0.6 is 0 Å². The summed E-state index contributed by atoms with van der Waals surface area (Å²) in [4.78, 5) is 28.2. The third-order valence-electron chi connectivity index (χ3n) is 6.39. The number of hydrogen-bond acceptors (Lipinski definition) is 5. The molecule has 37 heavy (non-hydrogen) atoms. The van der Waals surface area contributed by atoms with E-state index in [1.165, 1.54) is 4.90 Å². The van der Waals surface area contributed by atoms with Gasteiger partial charge in [0.05, 0.1) is 24.8 Å². The SMILES string of the molecule is COc1ccc(C2/C(=C(\O)c3ccc(OC(C)C)cc3)C(=O)C(=O)N2c2ccc(C(C)(C)C)cc2)cc1. The van der Waals surface area contributed by atoms with Gasteiger partial charge in [0.25, 0.3) is 11.7 Å². The van der Waals surface area contributed by atoms with Gasteiger partial charge in [0.1, 0.15) is 17.3 Å². The molecule has 3 aromatic rings. The number of nitrogens with zero attached hydrogens (tertiary/aromatic N) is 1. The highest BCUT2D eigenvalue weighted by Crippen LogP contribution is 2.43. The highest BCUT2D eigenvalue weighted by molar-refractivity contribution is 6.51. The lowest BCUT2D eigenvalue weighted by molar-refractivity contribution is -0.132. The normalized spacial score (nSPS) is 17.4. The van der Waals surface area contributed by atoms with Gasteiger partial charge in [0.15, 0.2) is 0 Å². The van der Waals surface area contributed by atoms with Gasteiger partial charge in [0.2, 0.25) is 0 Å². The number of methoxy groups -OCH3 is 1. The summed E-state index contributed by atoms with van der Waals surface area (Å²) in [7, 11) is 1.57. The maximum absolute atomic E-state index is 13.4. The Hall–Kier alpha value is -4.06. The predicted molar refractivity (Wildman–Crippen MR) is 145 cm³/mol. The molecular weight excluding hydrogens is 466 g/mol. The highest BCUT2D eigenvalue weighted by Gasteiger charge is 2.47. The Labute approximate surface area is 218 Å². The Kier molecular flexibility index (Phi) is 7.12. The second kappa shape index (κ2) is 10.1. The lowest BCUT2D eigenvalue weighted by Crippen LogP contribution is -2.29. The number of ether oxygens (including phenoxy) is 2. The van der Waals surface area contributed by atoms with Crippen LogP contribution < -0.4 is 14.4 Å². The van der Waals surface area contributed by atoms with E-state index in [1.54, 1.807) is 55.6 Å². The maximum Gasteiger partial charge on any atom is 0.300 e. The van der Waals surface area contributed by atoms with E-state index in [9.17, 15) is 14.7 Å². The van der Waals surface area contributed by atoms with E-state index in [4.69, 9.17) is 9.47 Å². The molecule has 192 valence electrons. The third-order valence-corrected chi connectivity index (χ3v) is 6.39. The topological polar surface area (TPSA) is 76.1 Å². The molecule has 6 nitrogen and oxygen atoms in total. The number of amides is 1. The molecule has 0 aliphatic carbocycles. The van der Waals surface area contributed by atoms with Gasteiger partial charge in [-0.1, -0.05) is 45.0 Å². The molecule has 1 unspecified atom stereocenters. The van der Waals surface area contributed by atoms with Gasteiger partial charge >= 0.3 is 0 Å². The Morgan fingerprint density at radius 3 is 1.95 bits per heavy atom. The zero-order valence-corrected chi connectivity index (χ0v) is 22.1. The summed E-state index contributed by atoms with van der Waals surface area (Å²) in [6.45, 7) is 10.2. The van der Waals surface area contributed by atoms with Gasteiger partial charge in [-0.3, -0.25) is 14.5 Å². The highest BCUT2D eigenvalue weighted by atomic mass is 16.5. The molecular formula is C31H33NO5. The van der Waals surface area contributed by atoms with Crippen LogP contribution in [0.15, 0.2) is 78.4 Å². The molecule has 6 heteroatoms. The fourth-order valence-corrected chi connectivity index (χ4v) is 4.44. The van der Waals surface area contributed by atoms with Crippen molar-refractivity contribution in [3.05, 3.63) is 95.1 Å². The van der Waals surface area contributed by atoms with Gasteiger partial charge in [-0.25, -0.2) is 0 Å². The summed E-state index contributed by atoms with van der Waals surface area (Å²) in [5, 5.41) is 11.3. The van der Waals surface area contributed by atoms with E-state index >= 15 is 0 Å². The number of ketones is 1. The van der Waals surface area contributed by atoms with Crippen molar-refractivity contribution in [1.82, 2.24) is 0 Å². The molecule has 0 aromatic heterocycles. The van der Waals surface area contributed by atoms with Crippen molar-refractivity contribution >= 4 is 23.1 Å². The molecule has 1 heterocycles. The number of benzene rings is 3. The molecule has 1 N–H and O–H groups in total. The van der Waals surface area contributed by atoms with E-state index in [0.29, 0.717) is 28.3 Å². The molecule has 1 atom stereocenters. The summed E-state index contributed by atoms with van der Waals surface area (Å²) < 4.78 is 11.0. The van der Waals surface area contributed by atoms with Gasteiger partial charge in [0, 0.05) is 11.3 Å². The Morgan fingerprint density at radius 1 is 0.865 bits per heavy atom. The average molecular weight is 500 g/mol. The van der Waals surface area contributed by atoms with Crippen LogP contribution in [0.25, 0.3) is 5.76 Å². The molecule has 0 saturated carbocycles. The summed E-state index contributed by atoms with van der Waals surface area (Å²) in [5.41, 5.74) is 2.77. The van der Waals surface area contributed by atoms with E-state index in [1.807, 2.05) is 38.1 Å². The Morgan fingerprint density at radius 2 is 1.43 bits per heavy atom. The number of aliphatic hydroxyl groups excluding tert-OH is 1. The first kappa shape index (κ1) is 26.0. The average Bonchev–Trinajstić information content (AvgIpc) is 3.13. The minimum absolute atomic E-state index is 0.00418. The van der Waals surface area contributed by atoms with Crippen LogP contribution in [0.2, 0.25) is 0 Å². The number of anilines is 1. The number of carbonyl (C=O) groups excluding carboxylic acids is 2. The lowest BCUT2D eigenvalue weighted by atomic mass is 9.87.